The molecule has 0 aliphatic heterocycles. The molecule has 0 radical (unpaired) electrons. The molecule has 0 saturated heterocycles. The van der Waals surface area contributed by atoms with Crippen molar-refractivity contribution < 1.29 is 19.1 Å². The average molecular weight is 556 g/mol. The Morgan fingerprint density at radius 1 is 1.10 bits per heavy atom. The minimum absolute atomic E-state index is 0.0612. The fraction of sp³-hybridized carbons (Fsp3) is 0.552. The first-order chi connectivity index (χ1) is 18.5. The van der Waals surface area contributed by atoms with Crippen LogP contribution in [0.15, 0.2) is 42.5 Å². The van der Waals surface area contributed by atoms with Crippen LogP contribution >= 0.6 is 11.3 Å². The molecule has 2 aromatic rings. The van der Waals surface area contributed by atoms with Crippen molar-refractivity contribution in [2.24, 2.45) is 0 Å². The highest BCUT2D eigenvalue weighted by Gasteiger charge is 2.37. The lowest BCUT2D eigenvalue weighted by Gasteiger charge is -2.35. The molecule has 2 unspecified atom stereocenters. The summed E-state index contributed by atoms with van der Waals surface area (Å²) in [5, 5.41) is 18.3. The van der Waals surface area contributed by atoms with Crippen LogP contribution in [0.25, 0.3) is 0 Å². The van der Waals surface area contributed by atoms with Crippen LogP contribution in [0, 0.1) is 0 Å². The highest BCUT2D eigenvalue weighted by atomic mass is 32.1. The Morgan fingerprint density at radius 2 is 1.82 bits per heavy atom. The third-order valence-corrected chi connectivity index (χ3v) is 7.75. The highest BCUT2D eigenvalue weighted by Crippen LogP contribution is 2.44. The van der Waals surface area contributed by atoms with Crippen LogP contribution < -0.4 is 16.0 Å². The number of aromatic nitrogens is 2. The van der Waals surface area contributed by atoms with Crippen LogP contribution in [0.5, 0.6) is 0 Å². The Bertz CT molecular complexity index is 1140. The van der Waals surface area contributed by atoms with Gasteiger partial charge in [0.05, 0.1) is 0 Å². The van der Waals surface area contributed by atoms with Crippen LogP contribution in [-0.2, 0) is 26.2 Å². The van der Waals surface area contributed by atoms with Gasteiger partial charge >= 0.3 is 6.09 Å². The number of amides is 3. The van der Waals surface area contributed by atoms with E-state index in [-0.39, 0.29) is 17.2 Å². The zero-order valence-corrected chi connectivity index (χ0v) is 24.4. The maximum Gasteiger partial charge on any atom is 0.408 e. The first-order valence-corrected chi connectivity index (χ1v) is 14.5. The number of carbonyl (C=O) groups excluding carboxylic acids is 3. The van der Waals surface area contributed by atoms with E-state index in [1.807, 2.05) is 37.3 Å². The Labute approximate surface area is 235 Å². The average Bonchev–Trinajstić information content (AvgIpc) is 3.32. The van der Waals surface area contributed by atoms with Crippen molar-refractivity contribution in [3.8, 4) is 0 Å². The number of alkyl carbamates (subject to hydrolysis) is 1. The first-order valence-electron chi connectivity index (χ1n) is 13.6. The van der Waals surface area contributed by atoms with Gasteiger partial charge in [-0.05, 0) is 58.4 Å². The largest absolute Gasteiger partial charge is 0.444 e. The molecule has 1 aliphatic rings. The van der Waals surface area contributed by atoms with Crippen molar-refractivity contribution in [1.29, 1.82) is 0 Å². The number of rotatable bonds is 12. The lowest BCUT2D eigenvalue weighted by atomic mass is 9.71. The summed E-state index contributed by atoms with van der Waals surface area (Å²) in [5.74, 6) is -0.666. The van der Waals surface area contributed by atoms with E-state index in [0.29, 0.717) is 30.8 Å². The Kier molecular flexibility index (Phi) is 10.6. The number of carbonyl (C=O) groups is 3. The van der Waals surface area contributed by atoms with Crippen LogP contribution in [0.2, 0.25) is 0 Å². The number of benzene rings is 1. The van der Waals surface area contributed by atoms with Gasteiger partial charge in [-0.15, -0.1) is 10.2 Å². The fourth-order valence-electron chi connectivity index (χ4n) is 4.26. The lowest BCUT2D eigenvalue weighted by Crippen LogP contribution is -2.50. The van der Waals surface area contributed by atoms with Gasteiger partial charge in [-0.25, -0.2) is 4.79 Å². The quantitative estimate of drug-likeness (QED) is 0.306. The summed E-state index contributed by atoms with van der Waals surface area (Å²) in [4.78, 5) is 38.2. The van der Waals surface area contributed by atoms with E-state index in [1.165, 1.54) is 23.8 Å². The zero-order chi connectivity index (χ0) is 28.5. The monoisotopic (exact) mass is 555 g/mol. The minimum Gasteiger partial charge on any atom is -0.444 e. The van der Waals surface area contributed by atoms with Gasteiger partial charge in [-0.1, -0.05) is 74.4 Å². The summed E-state index contributed by atoms with van der Waals surface area (Å²) in [6.07, 6.45) is 8.24. The molecular weight excluding hydrogens is 514 g/mol. The Morgan fingerprint density at radius 3 is 2.44 bits per heavy atom. The number of aryl methyl sites for hydroxylation is 1. The molecule has 39 heavy (non-hydrogen) atoms. The van der Waals surface area contributed by atoms with E-state index in [2.05, 4.69) is 33.1 Å². The number of nitrogens with zero attached hydrogens (tertiary/aromatic N) is 2. The molecule has 2 atom stereocenters. The summed E-state index contributed by atoms with van der Waals surface area (Å²) in [6, 6.07) is 8.75. The smallest absolute Gasteiger partial charge is 0.408 e. The van der Waals surface area contributed by atoms with Crippen molar-refractivity contribution in [3.63, 3.8) is 0 Å². The van der Waals surface area contributed by atoms with Gasteiger partial charge in [0, 0.05) is 17.5 Å². The lowest BCUT2D eigenvalue weighted by molar-refractivity contribution is -0.124. The number of hydrogen-bond donors (Lipinski definition) is 3. The molecule has 0 bridgehead atoms. The second-order valence-corrected chi connectivity index (χ2v) is 12.3. The third-order valence-electron chi connectivity index (χ3n) is 6.61. The van der Waals surface area contributed by atoms with E-state index in [1.54, 1.807) is 26.8 Å². The topological polar surface area (TPSA) is 122 Å². The van der Waals surface area contributed by atoms with Gasteiger partial charge < -0.3 is 15.4 Å². The van der Waals surface area contributed by atoms with Gasteiger partial charge in [0.15, 0.2) is 0 Å². The van der Waals surface area contributed by atoms with Gasteiger partial charge in [-0.3, -0.25) is 14.9 Å². The van der Waals surface area contributed by atoms with Crippen molar-refractivity contribution >= 4 is 34.4 Å². The number of nitrogens with one attached hydrogen (secondary N) is 3. The van der Waals surface area contributed by atoms with Crippen LogP contribution in [-0.4, -0.2) is 45.8 Å². The Balaban J connectivity index is 1.65. The molecule has 212 valence electrons. The molecule has 10 heteroatoms. The van der Waals surface area contributed by atoms with E-state index in [0.717, 1.165) is 23.4 Å². The van der Waals surface area contributed by atoms with Gasteiger partial charge in [0.2, 0.25) is 16.9 Å². The maximum atomic E-state index is 13.2. The molecule has 1 aliphatic carbocycles. The molecular formula is C29H41N5O4S. The number of anilines is 1. The van der Waals surface area contributed by atoms with Crippen molar-refractivity contribution in [2.75, 3.05) is 5.32 Å². The molecule has 9 nitrogen and oxygen atoms in total. The molecule has 1 heterocycles. The third kappa shape index (κ3) is 9.76. The summed E-state index contributed by atoms with van der Waals surface area (Å²) >= 11 is 1.41. The van der Waals surface area contributed by atoms with Crippen LogP contribution in [0.1, 0.15) is 83.7 Å². The molecule has 1 aromatic carbocycles. The molecule has 3 rings (SSSR count). The summed E-state index contributed by atoms with van der Waals surface area (Å²) < 4.78 is 5.34. The van der Waals surface area contributed by atoms with Gasteiger partial charge in [-0.2, -0.15) is 0 Å². The summed E-state index contributed by atoms with van der Waals surface area (Å²) in [7, 11) is 0. The highest BCUT2D eigenvalue weighted by molar-refractivity contribution is 7.15. The van der Waals surface area contributed by atoms with Crippen molar-refractivity contribution in [3.05, 3.63) is 53.1 Å². The van der Waals surface area contributed by atoms with Crippen LogP contribution in [0.4, 0.5) is 9.93 Å². The number of hydrogen-bond acceptors (Lipinski definition) is 7. The Hall–Kier alpha value is -3.27. The molecule has 0 spiro atoms. The SMILES string of the molecule is CCCC(NC(=O)OC(C)(C)C)C(=O)NC(C=CC(=O)Nc1nnc(C2(C)CCC2)s1)CCc1ccccc1. The predicted molar refractivity (Wildman–Crippen MR) is 154 cm³/mol. The summed E-state index contributed by atoms with van der Waals surface area (Å²) in [6.45, 7) is 9.43. The van der Waals surface area contributed by atoms with E-state index in [4.69, 9.17) is 4.74 Å². The van der Waals surface area contributed by atoms with Gasteiger partial charge in [0.25, 0.3) is 0 Å². The van der Waals surface area contributed by atoms with Crippen molar-refractivity contribution in [1.82, 2.24) is 20.8 Å². The van der Waals surface area contributed by atoms with Crippen molar-refractivity contribution in [2.45, 2.75) is 103 Å². The molecule has 1 fully saturated rings. The normalized spacial score (nSPS) is 16.1. The summed E-state index contributed by atoms with van der Waals surface area (Å²) in [5.41, 5.74) is 0.512. The van der Waals surface area contributed by atoms with E-state index >= 15 is 0 Å². The zero-order valence-electron chi connectivity index (χ0n) is 23.6. The second kappa shape index (κ2) is 13.7. The van der Waals surface area contributed by atoms with Gasteiger partial charge in [0.1, 0.15) is 16.7 Å². The maximum absolute atomic E-state index is 13.2. The van der Waals surface area contributed by atoms with E-state index < -0.39 is 23.8 Å². The second-order valence-electron chi connectivity index (χ2n) is 11.3. The fourth-order valence-corrected chi connectivity index (χ4v) is 5.21. The molecule has 3 amide bonds. The molecule has 3 N–H and O–H groups in total. The molecule has 1 saturated carbocycles. The molecule has 1 aromatic heterocycles. The van der Waals surface area contributed by atoms with E-state index in [9.17, 15) is 14.4 Å². The standard InChI is InChI=1S/C29H41N5O4S/c1-6-11-22(31-27(37)38-28(2,3)4)24(36)30-21(15-14-20-12-8-7-9-13-20)16-17-23(35)32-26-34-33-25(39-26)29(5)18-10-19-29/h7-9,12-13,16-17,21-22H,6,10-11,14-15,18-19H2,1-5H3,(H,30,36)(H,31,37)(H,32,34,35). The van der Waals surface area contributed by atoms with Crippen LogP contribution in [0.3, 0.4) is 0 Å². The first kappa shape index (κ1) is 30.3. The minimum atomic E-state index is -0.751. The predicted octanol–water partition coefficient (Wildman–Crippen LogP) is 5.29. The number of ether oxygens (including phenoxy) is 1.